The Balaban J connectivity index is 2.29. The number of nitro benzene ring substituents is 1. The number of carboxylic acids is 1. The van der Waals surface area contributed by atoms with E-state index in [1.165, 1.54) is 19.2 Å². The smallest absolute Gasteiger partial charge is 0.338 e. The number of nitro groups is 1. The molecular formula is C17H14FNO5. The Bertz CT molecular complexity index is 863. The standard InChI is InChI=1S/C17H14FNO5/c1-24-16-12(10-5-6-14(18)13(8-10)17(20)21)7-9-3-2-4-11(9)15(16)19(22)23/h5-8H,2-4H2,1H3,(H,20,21). The van der Waals surface area contributed by atoms with Crippen molar-refractivity contribution in [2.75, 3.05) is 7.11 Å². The number of aromatic carboxylic acids is 1. The van der Waals surface area contributed by atoms with Gasteiger partial charge in [0.05, 0.1) is 17.6 Å². The molecule has 0 unspecified atom stereocenters. The van der Waals surface area contributed by atoms with Crippen LogP contribution in [0.25, 0.3) is 11.1 Å². The van der Waals surface area contributed by atoms with Gasteiger partial charge in [-0.3, -0.25) is 10.1 Å². The second-order valence-corrected chi connectivity index (χ2v) is 5.55. The van der Waals surface area contributed by atoms with Crippen LogP contribution in [-0.4, -0.2) is 23.1 Å². The van der Waals surface area contributed by atoms with Gasteiger partial charge in [-0.25, -0.2) is 9.18 Å². The minimum Gasteiger partial charge on any atom is -0.490 e. The molecule has 6 nitrogen and oxygen atoms in total. The molecule has 0 bridgehead atoms. The predicted molar refractivity (Wildman–Crippen MR) is 84.0 cm³/mol. The van der Waals surface area contributed by atoms with Crippen LogP contribution in [0, 0.1) is 15.9 Å². The molecule has 1 N–H and O–H groups in total. The first-order chi connectivity index (χ1) is 11.4. The Morgan fingerprint density at radius 3 is 2.71 bits per heavy atom. The van der Waals surface area contributed by atoms with E-state index < -0.39 is 22.3 Å². The molecule has 1 aliphatic rings. The van der Waals surface area contributed by atoms with Crippen LogP contribution in [-0.2, 0) is 12.8 Å². The highest BCUT2D eigenvalue weighted by atomic mass is 19.1. The third kappa shape index (κ3) is 2.47. The molecule has 7 heteroatoms. The molecule has 1 aliphatic carbocycles. The topological polar surface area (TPSA) is 89.7 Å². The van der Waals surface area contributed by atoms with Crippen LogP contribution in [0.3, 0.4) is 0 Å². The van der Waals surface area contributed by atoms with E-state index in [2.05, 4.69) is 0 Å². The van der Waals surface area contributed by atoms with Gasteiger partial charge in [0, 0.05) is 11.1 Å². The van der Waals surface area contributed by atoms with Crippen molar-refractivity contribution in [1.82, 2.24) is 0 Å². The summed E-state index contributed by atoms with van der Waals surface area (Å²) in [7, 11) is 1.33. The molecule has 0 aromatic heterocycles. The fourth-order valence-corrected chi connectivity index (χ4v) is 3.17. The van der Waals surface area contributed by atoms with Crippen LogP contribution < -0.4 is 4.74 Å². The molecule has 2 aromatic rings. The van der Waals surface area contributed by atoms with Gasteiger partial charge in [0.25, 0.3) is 0 Å². The van der Waals surface area contributed by atoms with Crippen LogP contribution in [0.1, 0.15) is 27.9 Å². The number of aryl methyl sites for hydroxylation is 1. The summed E-state index contributed by atoms with van der Waals surface area (Å²) < 4.78 is 18.9. The number of fused-ring (bicyclic) bond motifs is 1. The van der Waals surface area contributed by atoms with E-state index in [0.29, 0.717) is 29.5 Å². The minimum absolute atomic E-state index is 0.0728. The van der Waals surface area contributed by atoms with Gasteiger partial charge in [0.15, 0.2) is 0 Å². The molecule has 0 heterocycles. The quantitative estimate of drug-likeness (QED) is 0.683. The van der Waals surface area contributed by atoms with E-state index in [9.17, 15) is 19.3 Å². The zero-order chi connectivity index (χ0) is 17.4. The summed E-state index contributed by atoms with van der Waals surface area (Å²) in [6.45, 7) is 0. The minimum atomic E-state index is -1.40. The lowest BCUT2D eigenvalue weighted by Crippen LogP contribution is -2.03. The molecule has 0 fully saturated rings. The highest BCUT2D eigenvalue weighted by Gasteiger charge is 2.30. The molecule has 124 valence electrons. The van der Waals surface area contributed by atoms with Gasteiger partial charge in [-0.05, 0) is 48.6 Å². The van der Waals surface area contributed by atoms with Gasteiger partial charge in [0.1, 0.15) is 5.82 Å². The summed E-state index contributed by atoms with van der Waals surface area (Å²) in [6, 6.07) is 5.37. The van der Waals surface area contributed by atoms with Crippen LogP contribution in [0.15, 0.2) is 24.3 Å². The van der Waals surface area contributed by atoms with Crippen molar-refractivity contribution in [2.45, 2.75) is 19.3 Å². The van der Waals surface area contributed by atoms with Crippen molar-refractivity contribution in [3.8, 4) is 16.9 Å². The third-order valence-electron chi connectivity index (χ3n) is 4.22. The van der Waals surface area contributed by atoms with Gasteiger partial charge in [-0.1, -0.05) is 6.07 Å². The number of hydrogen-bond acceptors (Lipinski definition) is 4. The van der Waals surface area contributed by atoms with E-state index in [1.54, 1.807) is 6.07 Å². The number of nitrogens with zero attached hydrogens (tertiary/aromatic N) is 1. The maximum Gasteiger partial charge on any atom is 0.338 e. The summed E-state index contributed by atoms with van der Waals surface area (Å²) >= 11 is 0. The van der Waals surface area contributed by atoms with Crippen LogP contribution >= 0.6 is 0 Å². The zero-order valence-corrected chi connectivity index (χ0v) is 12.8. The molecule has 24 heavy (non-hydrogen) atoms. The Kier molecular flexibility index (Phi) is 3.92. The average molecular weight is 331 g/mol. The number of benzene rings is 2. The number of halogens is 1. The molecular weight excluding hydrogens is 317 g/mol. The molecule has 0 radical (unpaired) electrons. The highest BCUT2D eigenvalue weighted by molar-refractivity contribution is 5.91. The zero-order valence-electron chi connectivity index (χ0n) is 12.8. The van der Waals surface area contributed by atoms with Crippen molar-refractivity contribution < 1.29 is 24.0 Å². The van der Waals surface area contributed by atoms with Crippen LogP contribution in [0.2, 0.25) is 0 Å². The summed E-state index contributed by atoms with van der Waals surface area (Å²) in [5.74, 6) is -2.19. The number of hydrogen-bond donors (Lipinski definition) is 1. The maximum absolute atomic E-state index is 13.6. The molecule has 0 atom stereocenters. The molecule has 0 spiro atoms. The summed E-state index contributed by atoms with van der Waals surface area (Å²) in [4.78, 5) is 22.2. The van der Waals surface area contributed by atoms with Gasteiger partial charge in [0.2, 0.25) is 5.75 Å². The fourth-order valence-electron chi connectivity index (χ4n) is 3.17. The van der Waals surface area contributed by atoms with Crippen LogP contribution in [0.5, 0.6) is 5.75 Å². The molecule has 3 rings (SSSR count). The summed E-state index contributed by atoms with van der Waals surface area (Å²) in [6.07, 6.45) is 2.12. The SMILES string of the molecule is COc1c(-c2ccc(F)c(C(=O)O)c2)cc2c(c1[N+](=O)[O-])CCC2. The van der Waals surface area contributed by atoms with Gasteiger partial charge >= 0.3 is 11.7 Å². The number of ether oxygens (including phenoxy) is 1. The van der Waals surface area contributed by atoms with E-state index in [-0.39, 0.29) is 11.4 Å². The maximum atomic E-state index is 13.6. The lowest BCUT2D eigenvalue weighted by Gasteiger charge is -2.13. The second-order valence-electron chi connectivity index (χ2n) is 5.55. The van der Waals surface area contributed by atoms with Gasteiger partial charge in [-0.15, -0.1) is 0 Å². The molecule has 0 aliphatic heterocycles. The Morgan fingerprint density at radius 2 is 2.08 bits per heavy atom. The van der Waals surface area contributed by atoms with E-state index >= 15 is 0 Å². The van der Waals surface area contributed by atoms with Crippen molar-refractivity contribution in [3.05, 3.63) is 56.9 Å². The first-order valence-electron chi connectivity index (χ1n) is 7.34. The van der Waals surface area contributed by atoms with Crippen LogP contribution in [0.4, 0.5) is 10.1 Å². The average Bonchev–Trinajstić information content (AvgIpc) is 3.00. The molecule has 0 amide bonds. The predicted octanol–water partition coefficient (Wildman–Crippen LogP) is 3.60. The number of carbonyl (C=O) groups is 1. The van der Waals surface area contributed by atoms with Crippen molar-refractivity contribution >= 4 is 11.7 Å². The largest absolute Gasteiger partial charge is 0.490 e. The van der Waals surface area contributed by atoms with E-state index in [4.69, 9.17) is 9.84 Å². The first-order valence-corrected chi connectivity index (χ1v) is 7.34. The third-order valence-corrected chi connectivity index (χ3v) is 4.22. The van der Waals surface area contributed by atoms with Gasteiger partial charge in [-0.2, -0.15) is 0 Å². The highest BCUT2D eigenvalue weighted by Crippen LogP contribution is 2.45. The van der Waals surface area contributed by atoms with Crippen molar-refractivity contribution in [3.63, 3.8) is 0 Å². The number of methoxy groups -OCH3 is 1. The van der Waals surface area contributed by atoms with Crippen molar-refractivity contribution in [2.24, 2.45) is 0 Å². The van der Waals surface area contributed by atoms with E-state index in [1.807, 2.05) is 0 Å². The fraction of sp³-hybridized carbons (Fsp3) is 0.235. The second kappa shape index (κ2) is 5.92. The molecule has 0 saturated heterocycles. The van der Waals surface area contributed by atoms with Gasteiger partial charge < -0.3 is 9.84 Å². The lowest BCUT2D eigenvalue weighted by atomic mass is 9.96. The summed E-state index contributed by atoms with van der Waals surface area (Å²) in [5, 5.41) is 20.6. The number of rotatable bonds is 4. The Hall–Kier alpha value is -2.96. The summed E-state index contributed by atoms with van der Waals surface area (Å²) in [5.41, 5.74) is 1.68. The monoisotopic (exact) mass is 331 g/mol. The lowest BCUT2D eigenvalue weighted by molar-refractivity contribution is -0.386. The van der Waals surface area contributed by atoms with E-state index in [0.717, 1.165) is 18.1 Å². The normalized spacial score (nSPS) is 12.8. The Labute approximate surface area is 136 Å². The Morgan fingerprint density at radius 1 is 1.33 bits per heavy atom. The molecule has 2 aromatic carbocycles. The van der Waals surface area contributed by atoms with Crippen molar-refractivity contribution in [1.29, 1.82) is 0 Å². The molecule has 0 saturated carbocycles. The number of carboxylic acid groups (broad SMARTS) is 1. The first kappa shape index (κ1) is 15.9.